The molecule has 55 heavy (non-hydrogen) atoms. The first-order valence-electron chi connectivity index (χ1n) is 16.7. The zero-order valence-corrected chi connectivity index (χ0v) is 33.2. The van der Waals surface area contributed by atoms with E-state index in [2.05, 4.69) is 9.97 Å². The molecule has 2 aromatic carbocycles. The van der Waals surface area contributed by atoms with E-state index in [0.29, 0.717) is 69.6 Å². The van der Waals surface area contributed by atoms with Gasteiger partial charge >= 0.3 is 5.91 Å². The van der Waals surface area contributed by atoms with Crippen molar-refractivity contribution in [1.29, 1.82) is 0 Å². The number of rotatable bonds is 14. The summed E-state index contributed by atoms with van der Waals surface area (Å²) in [5.74, 6) is -1.16. The fraction of sp³-hybridized carbons (Fsp3) is 0.351. The average Bonchev–Trinajstić information content (AvgIpc) is 3.30. The molecule has 1 fully saturated rings. The van der Waals surface area contributed by atoms with Gasteiger partial charge in [0.25, 0.3) is 20.2 Å². The molecule has 0 saturated carbocycles. The molecule has 0 spiro atoms. The zero-order valence-electron chi connectivity index (χ0n) is 31.6. The van der Waals surface area contributed by atoms with Gasteiger partial charge in [-0.2, -0.15) is 16.8 Å². The Bertz CT molecular complexity index is 2220. The number of anilines is 2. The normalized spacial score (nSPS) is 14.5. The van der Waals surface area contributed by atoms with E-state index < -0.39 is 32.7 Å². The molecule has 0 amide bonds. The quantitative estimate of drug-likeness (QED) is 0.0979. The molecule has 0 unspecified atom stereocenters. The third-order valence-electron chi connectivity index (χ3n) is 8.65. The summed E-state index contributed by atoms with van der Waals surface area (Å²) in [6.45, 7) is 2.74. The van der Waals surface area contributed by atoms with Crippen molar-refractivity contribution < 1.29 is 53.7 Å². The highest BCUT2D eigenvalue weighted by atomic mass is 32.2. The Hall–Kier alpha value is -5.30. The van der Waals surface area contributed by atoms with E-state index in [-0.39, 0.29) is 29.5 Å². The summed E-state index contributed by atoms with van der Waals surface area (Å²) in [5.41, 5.74) is 3.06. The standard InChI is InChI=1S/C37H42N4O12S2/c1-23(42)35-29(48-3)16-27(17-30(35)49-4)25-10-12-33(38-20-25)40-14-9-15-41(37(22-40,52-54(7,44)45)53-55(8,46)47)34-13-11-26(21-39-34)28-18-31(50-5)36(24(2)43)32(19-28)51-6/h10-13,16-21H,9,14-15,22H2,1-8H3. The summed E-state index contributed by atoms with van der Waals surface area (Å²) in [6.07, 6.45) is 5.03. The number of nitrogens with zero attached hydrogens (tertiary/aromatic N) is 4. The second-order valence-corrected chi connectivity index (χ2v) is 15.8. The van der Waals surface area contributed by atoms with Crippen molar-refractivity contribution in [2.45, 2.75) is 26.2 Å². The van der Waals surface area contributed by atoms with Crippen LogP contribution >= 0.6 is 0 Å². The van der Waals surface area contributed by atoms with Gasteiger partial charge in [-0.15, -0.1) is 0 Å². The first-order valence-corrected chi connectivity index (χ1v) is 20.4. The molecule has 294 valence electrons. The van der Waals surface area contributed by atoms with Gasteiger partial charge < -0.3 is 28.7 Å². The topological polar surface area (TPSA) is 190 Å². The molecule has 2 aromatic heterocycles. The van der Waals surface area contributed by atoms with Crippen LogP contribution in [0.5, 0.6) is 23.0 Å². The van der Waals surface area contributed by atoms with Crippen molar-refractivity contribution in [3.8, 4) is 45.3 Å². The molecule has 3 heterocycles. The highest BCUT2D eigenvalue weighted by molar-refractivity contribution is 7.86. The second kappa shape index (κ2) is 16.2. The van der Waals surface area contributed by atoms with Crippen LogP contribution in [0.3, 0.4) is 0 Å². The van der Waals surface area contributed by atoms with Crippen molar-refractivity contribution in [2.75, 3.05) is 70.4 Å². The van der Waals surface area contributed by atoms with Gasteiger partial charge in [0, 0.05) is 36.6 Å². The summed E-state index contributed by atoms with van der Waals surface area (Å²) in [7, 11) is -2.97. The lowest BCUT2D eigenvalue weighted by atomic mass is 10.0. The highest BCUT2D eigenvalue weighted by Gasteiger charge is 2.50. The summed E-state index contributed by atoms with van der Waals surface area (Å²) < 4.78 is 84.5. The predicted octanol–water partition coefficient (Wildman–Crippen LogP) is 4.57. The summed E-state index contributed by atoms with van der Waals surface area (Å²) in [6, 6.07) is 13.4. The molecular formula is C37H42N4O12S2. The van der Waals surface area contributed by atoms with E-state index >= 15 is 0 Å². The van der Waals surface area contributed by atoms with Crippen LogP contribution < -0.4 is 28.7 Å². The van der Waals surface area contributed by atoms with Gasteiger partial charge in [0.05, 0.1) is 47.5 Å². The molecule has 1 saturated heterocycles. The van der Waals surface area contributed by atoms with Gasteiger partial charge in [-0.1, -0.05) is 0 Å². The van der Waals surface area contributed by atoms with Crippen LogP contribution in [0.2, 0.25) is 0 Å². The molecular weight excluding hydrogens is 757 g/mol. The Labute approximate surface area is 320 Å². The maximum Gasteiger partial charge on any atom is 0.301 e. The Balaban J connectivity index is 1.55. The maximum atomic E-state index is 12.9. The summed E-state index contributed by atoms with van der Waals surface area (Å²) in [5, 5.41) is 0. The van der Waals surface area contributed by atoms with Gasteiger partial charge in [-0.05, 0) is 79.9 Å². The molecule has 16 nitrogen and oxygen atoms in total. The minimum Gasteiger partial charge on any atom is -0.496 e. The number of hydrogen-bond acceptors (Lipinski definition) is 16. The first-order chi connectivity index (χ1) is 25.9. The number of ketones is 2. The van der Waals surface area contributed by atoms with Crippen LogP contribution in [-0.4, -0.2) is 105 Å². The molecule has 0 radical (unpaired) electrons. The van der Waals surface area contributed by atoms with E-state index in [4.69, 9.17) is 27.3 Å². The van der Waals surface area contributed by atoms with Crippen molar-refractivity contribution in [3.63, 3.8) is 0 Å². The minimum atomic E-state index is -4.37. The van der Waals surface area contributed by atoms with Gasteiger partial charge in [-0.3, -0.25) is 9.59 Å². The Morgan fingerprint density at radius 3 is 1.35 bits per heavy atom. The summed E-state index contributed by atoms with van der Waals surface area (Å²) in [4.78, 5) is 36.8. The van der Waals surface area contributed by atoms with Crippen LogP contribution in [-0.2, 0) is 28.6 Å². The molecule has 1 aliphatic rings. The van der Waals surface area contributed by atoms with Crippen molar-refractivity contribution >= 4 is 43.4 Å². The average molecular weight is 799 g/mol. The Kier molecular flexibility index (Phi) is 12.0. The SMILES string of the molecule is COc1cc(-c2ccc(N3CCCN(c4ccc(-c5cc(OC)c(C(C)=O)c(OC)c5)cn4)C(OS(C)(=O)=O)(OS(C)(=O)=O)C3)nc2)cc(OC)c1C(C)=O. The van der Waals surface area contributed by atoms with Crippen LogP contribution in [0.25, 0.3) is 22.3 Å². The Morgan fingerprint density at radius 2 is 1.02 bits per heavy atom. The number of carbonyl (C=O) groups is 2. The number of carbonyl (C=O) groups excluding carboxylic acids is 2. The number of methoxy groups -OCH3 is 4. The van der Waals surface area contributed by atoms with E-state index in [1.807, 2.05) is 0 Å². The summed E-state index contributed by atoms with van der Waals surface area (Å²) >= 11 is 0. The van der Waals surface area contributed by atoms with Crippen LogP contribution in [0.1, 0.15) is 41.0 Å². The van der Waals surface area contributed by atoms with E-state index in [0.717, 1.165) is 12.5 Å². The number of pyridine rings is 2. The molecule has 4 aromatic rings. The molecule has 0 aliphatic carbocycles. The minimum absolute atomic E-state index is 0.0585. The fourth-order valence-electron chi connectivity index (χ4n) is 6.42. The molecule has 0 bridgehead atoms. The monoisotopic (exact) mass is 798 g/mol. The lowest BCUT2D eigenvalue weighted by Gasteiger charge is -2.41. The van der Waals surface area contributed by atoms with E-state index in [9.17, 15) is 26.4 Å². The third-order valence-corrected chi connectivity index (χ3v) is 9.78. The van der Waals surface area contributed by atoms with Crippen molar-refractivity contribution in [2.24, 2.45) is 0 Å². The lowest BCUT2D eigenvalue weighted by Crippen LogP contribution is -2.60. The van der Waals surface area contributed by atoms with Gasteiger partial charge in [0.2, 0.25) is 0 Å². The van der Waals surface area contributed by atoms with Crippen LogP contribution in [0, 0.1) is 0 Å². The highest BCUT2D eigenvalue weighted by Crippen LogP contribution is 2.39. The molecule has 0 atom stereocenters. The second-order valence-electron chi connectivity index (χ2n) is 12.6. The number of ether oxygens (including phenoxy) is 4. The molecule has 0 N–H and O–H groups in total. The maximum absolute atomic E-state index is 12.9. The Morgan fingerprint density at radius 1 is 0.618 bits per heavy atom. The molecule has 1 aliphatic heterocycles. The van der Waals surface area contributed by atoms with Gasteiger partial charge in [0.15, 0.2) is 11.6 Å². The largest absolute Gasteiger partial charge is 0.496 e. The van der Waals surface area contributed by atoms with Crippen LogP contribution in [0.4, 0.5) is 11.6 Å². The third kappa shape index (κ3) is 9.16. The molecule has 5 rings (SSSR count). The van der Waals surface area contributed by atoms with Gasteiger partial charge in [0.1, 0.15) is 45.8 Å². The lowest BCUT2D eigenvalue weighted by molar-refractivity contribution is -0.0948. The van der Waals surface area contributed by atoms with Crippen LogP contribution in [0.15, 0.2) is 60.9 Å². The number of benzene rings is 2. The number of Topliss-reactive ketones (excluding diaryl/α,β-unsaturated/α-hetero) is 2. The van der Waals surface area contributed by atoms with Crippen molar-refractivity contribution in [1.82, 2.24) is 9.97 Å². The van der Waals surface area contributed by atoms with E-state index in [1.54, 1.807) is 59.6 Å². The first kappa shape index (κ1) is 40.9. The number of aromatic nitrogens is 2. The zero-order chi connectivity index (χ0) is 40.3. The number of hydrogen-bond donors (Lipinski definition) is 0. The fourth-order valence-corrected chi connectivity index (χ4v) is 7.76. The smallest absolute Gasteiger partial charge is 0.301 e. The van der Waals surface area contributed by atoms with Crippen molar-refractivity contribution in [3.05, 3.63) is 72.1 Å². The van der Waals surface area contributed by atoms with E-state index in [1.165, 1.54) is 53.4 Å². The van der Waals surface area contributed by atoms with Gasteiger partial charge in [-0.25, -0.2) is 18.3 Å². The molecule has 18 heteroatoms. The predicted molar refractivity (Wildman–Crippen MR) is 204 cm³/mol.